The Hall–Kier alpha value is -1.95. The highest BCUT2D eigenvalue weighted by Crippen LogP contribution is 2.24. The van der Waals surface area contributed by atoms with E-state index < -0.39 is 6.04 Å². The van der Waals surface area contributed by atoms with Crippen molar-refractivity contribution in [1.82, 2.24) is 10.2 Å². The Morgan fingerprint density at radius 3 is 2.40 bits per heavy atom. The zero-order valence-electron chi connectivity index (χ0n) is 17.2. The van der Waals surface area contributed by atoms with Crippen LogP contribution in [0.3, 0.4) is 0 Å². The van der Waals surface area contributed by atoms with Gasteiger partial charge in [-0.15, -0.1) is 0 Å². The smallest absolute Gasteiger partial charge is 0.261 e. The lowest BCUT2D eigenvalue weighted by Gasteiger charge is -2.29. The lowest BCUT2D eigenvalue weighted by Crippen LogP contribution is -2.49. The Kier molecular flexibility index (Phi) is 9.28. The molecule has 0 saturated carbocycles. The number of amides is 2. The summed E-state index contributed by atoms with van der Waals surface area (Å²) < 4.78 is 5.65. The summed E-state index contributed by atoms with van der Waals surface area (Å²) in [6.07, 6.45) is 0.804. The van der Waals surface area contributed by atoms with Gasteiger partial charge in [0.05, 0.1) is 10.0 Å². The van der Waals surface area contributed by atoms with Gasteiger partial charge < -0.3 is 15.0 Å². The molecule has 0 aliphatic rings. The number of halogens is 3. The number of nitrogens with zero attached hydrogens (tertiary/aromatic N) is 1. The van der Waals surface area contributed by atoms with Crippen LogP contribution in [0.1, 0.15) is 31.4 Å². The zero-order chi connectivity index (χ0) is 22.3. The molecule has 0 spiro atoms. The van der Waals surface area contributed by atoms with Gasteiger partial charge in [0, 0.05) is 18.1 Å². The van der Waals surface area contributed by atoms with Crippen LogP contribution in [0.25, 0.3) is 0 Å². The molecule has 2 aromatic carbocycles. The monoisotopic (exact) mass is 470 g/mol. The highest BCUT2D eigenvalue weighted by atomic mass is 35.5. The van der Waals surface area contributed by atoms with Crippen molar-refractivity contribution in [3.63, 3.8) is 0 Å². The molecule has 162 valence electrons. The first kappa shape index (κ1) is 24.3. The van der Waals surface area contributed by atoms with E-state index in [4.69, 9.17) is 39.5 Å². The van der Waals surface area contributed by atoms with E-state index >= 15 is 0 Å². The fourth-order valence-corrected chi connectivity index (χ4v) is 3.19. The van der Waals surface area contributed by atoms with Gasteiger partial charge in [-0.2, -0.15) is 0 Å². The second kappa shape index (κ2) is 11.4. The van der Waals surface area contributed by atoms with Crippen molar-refractivity contribution in [1.29, 1.82) is 0 Å². The summed E-state index contributed by atoms with van der Waals surface area (Å²) in [6.45, 7) is 6.03. The first-order valence-corrected chi connectivity index (χ1v) is 10.8. The van der Waals surface area contributed by atoms with Gasteiger partial charge >= 0.3 is 0 Å². The molecule has 1 atom stereocenters. The maximum atomic E-state index is 13.0. The van der Waals surface area contributed by atoms with Crippen LogP contribution in [0.2, 0.25) is 15.1 Å². The quantitative estimate of drug-likeness (QED) is 0.541. The molecule has 0 saturated heterocycles. The minimum absolute atomic E-state index is 0.194. The Morgan fingerprint density at radius 2 is 1.77 bits per heavy atom. The second-order valence-electron chi connectivity index (χ2n) is 6.94. The Balaban J connectivity index is 2.17. The van der Waals surface area contributed by atoms with Gasteiger partial charge in [0.2, 0.25) is 5.91 Å². The molecular weight excluding hydrogens is 447 g/mol. The van der Waals surface area contributed by atoms with Crippen LogP contribution in [-0.2, 0) is 16.1 Å². The molecule has 1 unspecified atom stereocenters. The fourth-order valence-electron chi connectivity index (χ4n) is 2.75. The van der Waals surface area contributed by atoms with E-state index in [-0.39, 0.29) is 25.0 Å². The van der Waals surface area contributed by atoms with E-state index in [1.165, 1.54) is 4.90 Å². The van der Waals surface area contributed by atoms with Crippen molar-refractivity contribution in [2.24, 2.45) is 0 Å². The maximum Gasteiger partial charge on any atom is 0.261 e. The van der Waals surface area contributed by atoms with Gasteiger partial charge in [0.15, 0.2) is 6.61 Å². The number of hydrogen-bond acceptors (Lipinski definition) is 3. The molecule has 0 radical (unpaired) electrons. The third-order valence-corrected chi connectivity index (χ3v) is 5.71. The number of aryl methyl sites for hydroxylation is 1. The Morgan fingerprint density at radius 1 is 1.07 bits per heavy atom. The highest BCUT2D eigenvalue weighted by molar-refractivity contribution is 6.42. The standard InChI is InChI=1S/C22H25Cl3N2O3/c1-4-9-26-22(29)15(3)27(12-16-5-7-19(24)20(25)11-16)21(28)13-30-17-6-8-18(23)14(2)10-17/h5-8,10-11,15H,4,9,12-13H2,1-3H3,(H,26,29). The van der Waals surface area contributed by atoms with Crippen molar-refractivity contribution in [3.8, 4) is 5.75 Å². The maximum absolute atomic E-state index is 13.0. The van der Waals surface area contributed by atoms with E-state index in [0.29, 0.717) is 27.4 Å². The van der Waals surface area contributed by atoms with Gasteiger partial charge in [-0.1, -0.05) is 47.8 Å². The molecule has 1 N–H and O–H groups in total. The average Bonchev–Trinajstić information content (AvgIpc) is 2.72. The van der Waals surface area contributed by atoms with Crippen molar-refractivity contribution in [3.05, 3.63) is 62.6 Å². The van der Waals surface area contributed by atoms with Gasteiger partial charge in [-0.25, -0.2) is 0 Å². The minimum Gasteiger partial charge on any atom is -0.484 e. The summed E-state index contributed by atoms with van der Waals surface area (Å²) in [5.74, 6) is -0.0248. The SMILES string of the molecule is CCCNC(=O)C(C)N(Cc1ccc(Cl)c(Cl)c1)C(=O)COc1ccc(Cl)c(C)c1. The van der Waals surface area contributed by atoms with Crippen molar-refractivity contribution in [2.45, 2.75) is 39.8 Å². The molecular formula is C22H25Cl3N2O3. The van der Waals surface area contributed by atoms with Crippen LogP contribution in [0.4, 0.5) is 0 Å². The molecule has 2 aromatic rings. The normalized spacial score (nSPS) is 11.7. The van der Waals surface area contributed by atoms with E-state index in [1.807, 2.05) is 13.8 Å². The summed E-state index contributed by atoms with van der Waals surface area (Å²) >= 11 is 18.1. The van der Waals surface area contributed by atoms with E-state index in [1.54, 1.807) is 43.3 Å². The van der Waals surface area contributed by atoms with Gasteiger partial charge in [0.25, 0.3) is 5.91 Å². The first-order valence-electron chi connectivity index (χ1n) is 9.63. The summed E-state index contributed by atoms with van der Waals surface area (Å²) in [5.41, 5.74) is 1.61. The van der Waals surface area contributed by atoms with Gasteiger partial charge in [0.1, 0.15) is 11.8 Å². The molecule has 5 nitrogen and oxygen atoms in total. The van der Waals surface area contributed by atoms with Crippen LogP contribution in [0.5, 0.6) is 5.75 Å². The number of carbonyl (C=O) groups excluding carboxylic acids is 2. The number of nitrogens with one attached hydrogen (secondary N) is 1. The number of ether oxygens (including phenoxy) is 1. The third-order valence-electron chi connectivity index (χ3n) is 4.55. The average molecular weight is 472 g/mol. The predicted molar refractivity (Wildman–Crippen MR) is 121 cm³/mol. The Labute approximate surface area is 192 Å². The summed E-state index contributed by atoms with van der Waals surface area (Å²) in [7, 11) is 0. The number of rotatable bonds is 9. The molecule has 8 heteroatoms. The van der Waals surface area contributed by atoms with Crippen LogP contribution < -0.4 is 10.1 Å². The van der Waals surface area contributed by atoms with E-state index in [9.17, 15) is 9.59 Å². The van der Waals surface area contributed by atoms with E-state index in [2.05, 4.69) is 5.32 Å². The molecule has 0 aliphatic carbocycles. The van der Waals surface area contributed by atoms with Crippen molar-refractivity contribution >= 4 is 46.6 Å². The van der Waals surface area contributed by atoms with E-state index in [0.717, 1.165) is 17.5 Å². The largest absolute Gasteiger partial charge is 0.484 e. The van der Waals surface area contributed by atoms with Crippen LogP contribution in [0.15, 0.2) is 36.4 Å². The number of hydrogen-bond donors (Lipinski definition) is 1. The van der Waals surface area contributed by atoms with Crippen molar-refractivity contribution < 1.29 is 14.3 Å². The lowest BCUT2D eigenvalue weighted by atomic mass is 10.1. The lowest BCUT2D eigenvalue weighted by molar-refractivity contribution is -0.142. The van der Waals surface area contributed by atoms with Crippen LogP contribution in [-0.4, -0.2) is 35.9 Å². The molecule has 0 heterocycles. The zero-order valence-corrected chi connectivity index (χ0v) is 19.4. The second-order valence-corrected chi connectivity index (χ2v) is 8.16. The van der Waals surface area contributed by atoms with Crippen molar-refractivity contribution in [2.75, 3.05) is 13.2 Å². The minimum atomic E-state index is -0.686. The topological polar surface area (TPSA) is 58.6 Å². The number of benzene rings is 2. The molecule has 0 fully saturated rings. The summed E-state index contributed by atoms with van der Waals surface area (Å²) in [5, 5.41) is 4.26. The highest BCUT2D eigenvalue weighted by Gasteiger charge is 2.26. The third kappa shape index (κ3) is 6.79. The number of carbonyl (C=O) groups is 2. The Bertz CT molecular complexity index is 905. The molecule has 30 heavy (non-hydrogen) atoms. The molecule has 2 amide bonds. The summed E-state index contributed by atoms with van der Waals surface area (Å²) in [4.78, 5) is 27.0. The fraction of sp³-hybridized carbons (Fsp3) is 0.364. The molecule has 0 bridgehead atoms. The molecule has 0 aliphatic heterocycles. The predicted octanol–water partition coefficient (Wildman–Crippen LogP) is 5.28. The van der Waals surface area contributed by atoms with Gasteiger partial charge in [-0.05, 0) is 61.7 Å². The van der Waals surface area contributed by atoms with Crippen LogP contribution in [0, 0.1) is 6.92 Å². The molecule has 0 aromatic heterocycles. The van der Waals surface area contributed by atoms with Crippen LogP contribution >= 0.6 is 34.8 Å². The molecule has 2 rings (SSSR count). The summed E-state index contributed by atoms with van der Waals surface area (Å²) in [6, 6.07) is 9.61. The van der Waals surface area contributed by atoms with Gasteiger partial charge in [-0.3, -0.25) is 9.59 Å². The first-order chi connectivity index (χ1) is 14.2.